The fraction of sp³-hybridized carbons (Fsp3) is 0.200. The van der Waals surface area contributed by atoms with Gasteiger partial charge in [0.1, 0.15) is 0 Å². The Morgan fingerprint density at radius 1 is 1.45 bits per heavy atom. The molecule has 2 rings (SSSR count). The minimum Gasteiger partial charge on any atom is -0.475 e. The van der Waals surface area contributed by atoms with Crippen molar-refractivity contribution in [2.45, 2.75) is 13.3 Å². The second kappa shape index (κ2) is 7.09. The molecule has 5 nitrogen and oxygen atoms in total. The quantitative estimate of drug-likeness (QED) is 0.886. The summed E-state index contributed by atoms with van der Waals surface area (Å²) in [6.07, 6.45) is 0.543. The van der Waals surface area contributed by atoms with Gasteiger partial charge in [-0.2, -0.15) is 4.98 Å². The lowest BCUT2D eigenvalue weighted by Gasteiger charge is -2.10. The molecular formula is C15H15ClFN3O2. The monoisotopic (exact) mass is 323 g/mol. The summed E-state index contributed by atoms with van der Waals surface area (Å²) in [7, 11) is 0. The SMILES string of the molecule is CC(=O)Nc1nc(OCCc2cccc(Cl)c2)c(F)cc1N. The molecule has 1 aromatic heterocycles. The molecular weight excluding hydrogens is 309 g/mol. The van der Waals surface area contributed by atoms with E-state index in [9.17, 15) is 9.18 Å². The zero-order valence-corrected chi connectivity index (χ0v) is 12.7. The Bertz CT molecular complexity index is 694. The average molecular weight is 324 g/mol. The zero-order chi connectivity index (χ0) is 16.1. The van der Waals surface area contributed by atoms with Gasteiger partial charge in [-0.1, -0.05) is 23.7 Å². The molecule has 1 heterocycles. The molecule has 1 aromatic carbocycles. The largest absolute Gasteiger partial charge is 0.475 e. The summed E-state index contributed by atoms with van der Waals surface area (Å²) < 4.78 is 19.1. The van der Waals surface area contributed by atoms with Gasteiger partial charge < -0.3 is 15.8 Å². The number of hydrogen-bond acceptors (Lipinski definition) is 4. The number of ether oxygens (including phenoxy) is 1. The first kappa shape index (κ1) is 16.0. The van der Waals surface area contributed by atoms with Crippen LogP contribution < -0.4 is 15.8 Å². The number of pyridine rings is 1. The summed E-state index contributed by atoms with van der Waals surface area (Å²) in [6, 6.07) is 8.36. The molecule has 0 spiro atoms. The predicted molar refractivity (Wildman–Crippen MR) is 83.6 cm³/mol. The Morgan fingerprint density at radius 3 is 2.91 bits per heavy atom. The van der Waals surface area contributed by atoms with Crippen LogP contribution in [0.25, 0.3) is 0 Å². The molecule has 1 amide bonds. The number of carbonyl (C=O) groups excluding carboxylic acids is 1. The first-order chi connectivity index (χ1) is 10.5. The van der Waals surface area contributed by atoms with Crippen molar-refractivity contribution in [3.63, 3.8) is 0 Å². The Kier molecular flexibility index (Phi) is 5.16. The molecule has 0 aliphatic rings. The number of rotatable bonds is 5. The van der Waals surface area contributed by atoms with Gasteiger partial charge in [-0.25, -0.2) is 4.39 Å². The van der Waals surface area contributed by atoms with Crippen LogP contribution in [0.3, 0.4) is 0 Å². The van der Waals surface area contributed by atoms with Crippen LogP contribution in [0.5, 0.6) is 5.88 Å². The number of nitrogen functional groups attached to an aromatic ring is 1. The summed E-state index contributed by atoms with van der Waals surface area (Å²) in [5.41, 5.74) is 6.59. The second-order valence-corrected chi connectivity index (χ2v) is 5.06. The number of nitrogens with one attached hydrogen (secondary N) is 1. The van der Waals surface area contributed by atoms with Gasteiger partial charge >= 0.3 is 0 Å². The number of aromatic nitrogens is 1. The fourth-order valence-electron chi connectivity index (χ4n) is 1.81. The fourth-order valence-corrected chi connectivity index (χ4v) is 2.03. The third-order valence-electron chi connectivity index (χ3n) is 2.79. The van der Waals surface area contributed by atoms with Crippen molar-refractivity contribution in [2.75, 3.05) is 17.7 Å². The van der Waals surface area contributed by atoms with E-state index < -0.39 is 5.82 Å². The number of anilines is 2. The first-order valence-electron chi connectivity index (χ1n) is 6.56. The minimum absolute atomic E-state index is 0.0369. The standard InChI is InChI=1S/C15H15ClFN3O2/c1-9(21)19-14-13(18)8-12(17)15(20-14)22-6-5-10-3-2-4-11(16)7-10/h2-4,7-8H,5-6,18H2,1H3,(H,19,20,21). The van der Waals surface area contributed by atoms with E-state index in [0.717, 1.165) is 11.6 Å². The molecule has 0 aliphatic heterocycles. The van der Waals surface area contributed by atoms with Crippen LogP contribution in [0.15, 0.2) is 30.3 Å². The maximum atomic E-state index is 13.8. The van der Waals surface area contributed by atoms with Gasteiger partial charge in [0.2, 0.25) is 5.91 Å². The van der Waals surface area contributed by atoms with Crippen molar-refractivity contribution >= 4 is 29.0 Å². The van der Waals surface area contributed by atoms with E-state index in [-0.39, 0.29) is 29.9 Å². The summed E-state index contributed by atoms with van der Waals surface area (Å²) in [6.45, 7) is 1.53. The van der Waals surface area contributed by atoms with Crippen molar-refractivity contribution in [3.8, 4) is 5.88 Å². The molecule has 0 unspecified atom stereocenters. The summed E-state index contributed by atoms with van der Waals surface area (Å²) in [4.78, 5) is 14.9. The van der Waals surface area contributed by atoms with Crippen LogP contribution in [0.4, 0.5) is 15.9 Å². The molecule has 0 fully saturated rings. The van der Waals surface area contributed by atoms with Gasteiger partial charge in [0.05, 0.1) is 12.3 Å². The van der Waals surface area contributed by atoms with Crippen LogP contribution in [-0.4, -0.2) is 17.5 Å². The molecule has 2 aromatic rings. The molecule has 0 radical (unpaired) electrons. The molecule has 3 N–H and O–H groups in total. The second-order valence-electron chi connectivity index (χ2n) is 4.62. The third-order valence-corrected chi connectivity index (χ3v) is 3.02. The first-order valence-corrected chi connectivity index (χ1v) is 6.94. The Labute approximate surface area is 132 Å². The van der Waals surface area contributed by atoms with E-state index in [2.05, 4.69) is 10.3 Å². The molecule has 0 bridgehead atoms. The van der Waals surface area contributed by atoms with Gasteiger partial charge in [0.25, 0.3) is 5.88 Å². The smallest absolute Gasteiger partial charge is 0.252 e. The van der Waals surface area contributed by atoms with Crippen LogP contribution in [0.1, 0.15) is 12.5 Å². The molecule has 0 saturated heterocycles. The summed E-state index contributed by atoms with van der Waals surface area (Å²) >= 11 is 5.89. The minimum atomic E-state index is -0.683. The van der Waals surface area contributed by atoms with Crippen LogP contribution in [0, 0.1) is 5.82 Å². The van der Waals surface area contributed by atoms with Crippen molar-refractivity contribution in [1.82, 2.24) is 4.98 Å². The highest BCUT2D eigenvalue weighted by Crippen LogP contribution is 2.24. The van der Waals surface area contributed by atoms with Gasteiger partial charge in [-0.05, 0) is 17.7 Å². The van der Waals surface area contributed by atoms with Crippen LogP contribution in [0.2, 0.25) is 5.02 Å². The van der Waals surface area contributed by atoms with E-state index in [4.69, 9.17) is 22.1 Å². The maximum Gasteiger partial charge on any atom is 0.252 e. The van der Waals surface area contributed by atoms with E-state index in [1.807, 2.05) is 12.1 Å². The third kappa shape index (κ3) is 4.33. The molecule has 0 saturated carbocycles. The Balaban J connectivity index is 2.04. The van der Waals surface area contributed by atoms with Crippen molar-refractivity contribution in [1.29, 1.82) is 0 Å². The topological polar surface area (TPSA) is 77.2 Å². The number of hydrogen-bond donors (Lipinski definition) is 2. The molecule has 22 heavy (non-hydrogen) atoms. The Hall–Kier alpha value is -2.34. The number of halogens is 2. The van der Waals surface area contributed by atoms with E-state index in [0.29, 0.717) is 11.4 Å². The van der Waals surface area contributed by atoms with Crippen molar-refractivity contribution < 1.29 is 13.9 Å². The molecule has 0 atom stereocenters. The van der Waals surface area contributed by atoms with E-state index in [1.54, 1.807) is 12.1 Å². The number of amides is 1. The normalized spacial score (nSPS) is 10.3. The van der Waals surface area contributed by atoms with Crippen molar-refractivity contribution in [2.24, 2.45) is 0 Å². The maximum absolute atomic E-state index is 13.8. The van der Waals surface area contributed by atoms with Gasteiger partial charge in [-0.15, -0.1) is 0 Å². The molecule has 0 aliphatic carbocycles. The van der Waals surface area contributed by atoms with Gasteiger partial charge in [0.15, 0.2) is 11.6 Å². The lowest BCUT2D eigenvalue weighted by Crippen LogP contribution is -2.12. The van der Waals surface area contributed by atoms with E-state index in [1.165, 1.54) is 6.92 Å². The Morgan fingerprint density at radius 2 is 2.23 bits per heavy atom. The van der Waals surface area contributed by atoms with Crippen LogP contribution >= 0.6 is 11.6 Å². The van der Waals surface area contributed by atoms with E-state index >= 15 is 0 Å². The lowest BCUT2D eigenvalue weighted by atomic mass is 10.2. The molecule has 7 heteroatoms. The number of carbonyl (C=O) groups is 1. The van der Waals surface area contributed by atoms with Gasteiger partial charge in [0, 0.05) is 24.4 Å². The number of nitrogens with zero attached hydrogens (tertiary/aromatic N) is 1. The highest BCUT2D eigenvalue weighted by Gasteiger charge is 2.12. The van der Waals surface area contributed by atoms with Crippen LogP contribution in [-0.2, 0) is 11.2 Å². The highest BCUT2D eigenvalue weighted by atomic mass is 35.5. The number of benzene rings is 1. The average Bonchev–Trinajstić information content (AvgIpc) is 2.43. The summed E-state index contributed by atoms with van der Waals surface area (Å²) in [5.74, 6) is -1.17. The predicted octanol–water partition coefficient (Wildman–Crippen LogP) is 3.04. The lowest BCUT2D eigenvalue weighted by molar-refractivity contribution is -0.114. The molecule has 116 valence electrons. The zero-order valence-electron chi connectivity index (χ0n) is 11.9. The van der Waals surface area contributed by atoms with Crippen molar-refractivity contribution in [3.05, 3.63) is 46.7 Å². The number of nitrogens with two attached hydrogens (primary N) is 1. The van der Waals surface area contributed by atoms with Gasteiger partial charge in [-0.3, -0.25) is 4.79 Å². The highest BCUT2D eigenvalue weighted by molar-refractivity contribution is 6.30. The summed E-state index contributed by atoms with van der Waals surface area (Å²) in [5, 5.41) is 3.04.